The lowest BCUT2D eigenvalue weighted by molar-refractivity contribution is -0.384. The second-order valence-electron chi connectivity index (χ2n) is 5.88. The van der Waals surface area contributed by atoms with E-state index in [0.717, 1.165) is 0 Å². The summed E-state index contributed by atoms with van der Waals surface area (Å²) < 4.78 is 24.2. The molecule has 0 radical (unpaired) electrons. The van der Waals surface area contributed by atoms with E-state index >= 15 is 0 Å². The lowest BCUT2D eigenvalue weighted by Gasteiger charge is -2.09. The number of aromatic nitrogens is 2. The van der Waals surface area contributed by atoms with E-state index < -0.39 is 20.9 Å². The van der Waals surface area contributed by atoms with Crippen molar-refractivity contribution in [2.24, 2.45) is 5.14 Å². The number of carboxylic acids is 1. The van der Waals surface area contributed by atoms with Crippen LogP contribution in [-0.2, 0) is 10.0 Å². The summed E-state index contributed by atoms with van der Waals surface area (Å²) in [6.45, 7) is 1.57. The molecule has 144 valence electrons. The Morgan fingerprint density at radius 1 is 1.14 bits per heavy atom. The summed E-state index contributed by atoms with van der Waals surface area (Å²) >= 11 is 0. The third-order valence-electron chi connectivity index (χ3n) is 4.09. The maximum absolute atomic E-state index is 11.5. The zero-order valence-electron chi connectivity index (χ0n) is 14.4. The summed E-state index contributed by atoms with van der Waals surface area (Å²) in [4.78, 5) is 21.7. The van der Waals surface area contributed by atoms with Gasteiger partial charge in [-0.3, -0.25) is 10.1 Å². The predicted molar refractivity (Wildman–Crippen MR) is 98.7 cm³/mol. The van der Waals surface area contributed by atoms with Crippen LogP contribution in [0.5, 0.6) is 0 Å². The van der Waals surface area contributed by atoms with E-state index in [1.807, 2.05) is 0 Å². The van der Waals surface area contributed by atoms with Gasteiger partial charge < -0.3 is 5.11 Å². The fraction of sp³-hybridized carbons (Fsp3) is 0.0588. The lowest BCUT2D eigenvalue weighted by atomic mass is 10.1. The van der Waals surface area contributed by atoms with Crippen LogP contribution in [0.15, 0.2) is 53.4 Å². The van der Waals surface area contributed by atoms with Gasteiger partial charge in [0.1, 0.15) is 0 Å². The van der Waals surface area contributed by atoms with Gasteiger partial charge >= 0.3 is 5.97 Å². The molecule has 28 heavy (non-hydrogen) atoms. The summed E-state index contributed by atoms with van der Waals surface area (Å²) in [5.74, 6) is -1.24. The normalized spacial score (nSPS) is 11.4. The topological polar surface area (TPSA) is 158 Å². The number of non-ortho nitro benzene ring substituents is 1. The number of hydrogen-bond donors (Lipinski definition) is 2. The molecule has 0 atom stereocenters. The monoisotopic (exact) mass is 402 g/mol. The highest BCUT2D eigenvalue weighted by Gasteiger charge is 2.22. The minimum absolute atomic E-state index is 0.101. The predicted octanol–water partition coefficient (Wildman–Crippen LogP) is 2.10. The molecule has 0 spiro atoms. The third-order valence-corrected chi connectivity index (χ3v) is 5.02. The van der Waals surface area contributed by atoms with Crippen molar-refractivity contribution in [1.29, 1.82) is 0 Å². The Morgan fingerprint density at radius 3 is 2.18 bits per heavy atom. The van der Waals surface area contributed by atoms with Gasteiger partial charge in [0.2, 0.25) is 10.0 Å². The second kappa shape index (κ2) is 6.87. The van der Waals surface area contributed by atoms with E-state index in [-0.39, 0.29) is 16.3 Å². The van der Waals surface area contributed by atoms with Crippen molar-refractivity contribution in [2.75, 3.05) is 0 Å². The standard InChI is InChI=1S/C17H14N4O6S/c1-10-15(17(22)23)19-20(12-6-8-14(9-7-12)28(18,26)27)16(10)11-2-4-13(5-3-11)21(24)25/h2-9H,1H3,(H,22,23)(H2,18,26,27). The highest BCUT2D eigenvalue weighted by molar-refractivity contribution is 7.89. The third kappa shape index (κ3) is 3.48. The molecule has 3 N–H and O–H groups in total. The highest BCUT2D eigenvalue weighted by Crippen LogP contribution is 2.30. The largest absolute Gasteiger partial charge is 0.476 e. The molecular formula is C17H14N4O6S. The Morgan fingerprint density at radius 2 is 1.71 bits per heavy atom. The van der Waals surface area contributed by atoms with Crippen LogP contribution in [0.1, 0.15) is 16.1 Å². The number of carboxylic acid groups (broad SMARTS) is 1. The van der Waals surface area contributed by atoms with Crippen LogP contribution in [0.25, 0.3) is 16.9 Å². The average molecular weight is 402 g/mol. The fourth-order valence-corrected chi connectivity index (χ4v) is 3.26. The molecule has 0 aliphatic carbocycles. The van der Waals surface area contributed by atoms with Gasteiger partial charge in [0.25, 0.3) is 5.69 Å². The molecule has 0 amide bonds. The molecule has 0 bridgehead atoms. The first kappa shape index (κ1) is 19.2. The van der Waals surface area contributed by atoms with E-state index in [9.17, 15) is 28.4 Å². The zero-order chi connectivity index (χ0) is 20.6. The van der Waals surface area contributed by atoms with E-state index in [1.54, 1.807) is 6.92 Å². The first-order valence-electron chi connectivity index (χ1n) is 7.80. The van der Waals surface area contributed by atoms with Crippen LogP contribution < -0.4 is 5.14 Å². The molecule has 1 heterocycles. The summed E-state index contributed by atoms with van der Waals surface area (Å²) in [5, 5.41) is 29.5. The van der Waals surface area contributed by atoms with Gasteiger partial charge in [-0.05, 0) is 43.3 Å². The molecule has 3 rings (SSSR count). The van der Waals surface area contributed by atoms with Crippen molar-refractivity contribution in [3.63, 3.8) is 0 Å². The Kier molecular flexibility index (Phi) is 4.71. The van der Waals surface area contributed by atoms with Crippen molar-refractivity contribution in [3.05, 3.63) is 69.9 Å². The van der Waals surface area contributed by atoms with Gasteiger partial charge in [-0.25, -0.2) is 23.0 Å². The number of aromatic carboxylic acids is 1. The van der Waals surface area contributed by atoms with Crippen molar-refractivity contribution in [3.8, 4) is 16.9 Å². The van der Waals surface area contributed by atoms with Crippen molar-refractivity contribution in [2.45, 2.75) is 11.8 Å². The zero-order valence-corrected chi connectivity index (χ0v) is 15.3. The number of primary sulfonamides is 1. The van der Waals surface area contributed by atoms with Gasteiger partial charge in [-0.15, -0.1) is 0 Å². The van der Waals surface area contributed by atoms with Gasteiger partial charge in [0, 0.05) is 23.3 Å². The summed E-state index contributed by atoms with van der Waals surface area (Å²) in [5.41, 5.74) is 1.38. The van der Waals surface area contributed by atoms with Crippen molar-refractivity contribution in [1.82, 2.24) is 9.78 Å². The Hall–Kier alpha value is -3.57. The molecule has 0 saturated heterocycles. The van der Waals surface area contributed by atoms with Gasteiger partial charge in [0.05, 0.1) is 21.2 Å². The van der Waals surface area contributed by atoms with Crippen LogP contribution in [0.4, 0.5) is 5.69 Å². The Bertz CT molecular complexity index is 1180. The van der Waals surface area contributed by atoms with Crippen molar-refractivity contribution < 1.29 is 23.2 Å². The maximum atomic E-state index is 11.5. The van der Waals surface area contributed by atoms with E-state index in [2.05, 4.69) is 5.10 Å². The van der Waals surface area contributed by atoms with Gasteiger partial charge in [0.15, 0.2) is 5.69 Å². The van der Waals surface area contributed by atoms with Crippen LogP contribution >= 0.6 is 0 Å². The molecule has 1 aromatic heterocycles. The smallest absolute Gasteiger partial charge is 0.356 e. The molecule has 11 heteroatoms. The number of rotatable bonds is 5. The number of carbonyl (C=O) groups is 1. The SMILES string of the molecule is Cc1c(C(=O)O)nn(-c2ccc(S(N)(=O)=O)cc2)c1-c1ccc([N+](=O)[O-])cc1. The van der Waals surface area contributed by atoms with Gasteiger partial charge in [-0.2, -0.15) is 5.10 Å². The first-order chi connectivity index (χ1) is 13.1. The molecule has 0 aliphatic rings. The second-order valence-corrected chi connectivity index (χ2v) is 7.44. The molecule has 0 fully saturated rings. The van der Waals surface area contributed by atoms with Crippen LogP contribution in [0, 0.1) is 17.0 Å². The molecule has 0 saturated carbocycles. The Labute approximate surface area is 159 Å². The minimum atomic E-state index is -3.88. The first-order valence-corrected chi connectivity index (χ1v) is 9.35. The fourth-order valence-electron chi connectivity index (χ4n) is 2.74. The van der Waals surface area contributed by atoms with Crippen molar-refractivity contribution >= 4 is 21.7 Å². The molecule has 0 aliphatic heterocycles. The average Bonchev–Trinajstić information content (AvgIpc) is 2.98. The van der Waals surface area contributed by atoms with E-state index in [0.29, 0.717) is 22.5 Å². The van der Waals surface area contributed by atoms with Crippen LogP contribution in [0.2, 0.25) is 0 Å². The van der Waals surface area contributed by atoms with Gasteiger partial charge in [-0.1, -0.05) is 0 Å². The maximum Gasteiger partial charge on any atom is 0.356 e. The van der Waals surface area contributed by atoms with Crippen LogP contribution in [0.3, 0.4) is 0 Å². The van der Waals surface area contributed by atoms with E-state index in [1.165, 1.54) is 53.2 Å². The molecular weight excluding hydrogens is 388 g/mol. The van der Waals surface area contributed by atoms with Crippen LogP contribution in [-0.4, -0.2) is 34.2 Å². The quantitative estimate of drug-likeness (QED) is 0.488. The number of sulfonamides is 1. The number of nitrogens with two attached hydrogens (primary N) is 1. The minimum Gasteiger partial charge on any atom is -0.476 e. The molecule has 2 aromatic carbocycles. The summed E-state index contributed by atoms with van der Waals surface area (Å²) in [6, 6.07) is 11.0. The Balaban J connectivity index is 2.19. The number of nitro benzene ring substituents is 1. The molecule has 3 aromatic rings. The summed E-state index contributed by atoms with van der Waals surface area (Å²) in [6.07, 6.45) is 0. The highest BCUT2D eigenvalue weighted by atomic mass is 32.2. The van der Waals surface area contributed by atoms with E-state index in [4.69, 9.17) is 5.14 Å². The number of benzene rings is 2. The lowest BCUT2D eigenvalue weighted by Crippen LogP contribution is -2.12. The molecule has 10 nitrogen and oxygen atoms in total. The number of nitrogens with zero attached hydrogens (tertiary/aromatic N) is 3. The molecule has 0 unspecified atom stereocenters. The number of hydrogen-bond acceptors (Lipinski definition) is 6. The summed E-state index contributed by atoms with van der Waals surface area (Å²) in [7, 11) is -3.88. The number of nitro groups is 1.